The van der Waals surface area contributed by atoms with Crippen molar-refractivity contribution >= 4 is 29.2 Å². The average Bonchev–Trinajstić information content (AvgIpc) is 2.58. The molecule has 0 spiro atoms. The number of anilines is 1. The Morgan fingerprint density at radius 3 is 2.92 bits per heavy atom. The van der Waals surface area contributed by atoms with Crippen LogP contribution < -0.4 is 20.5 Å². The summed E-state index contributed by atoms with van der Waals surface area (Å²) in [5.74, 6) is 0.246. The topological polar surface area (TPSA) is 132 Å². The largest absolute Gasteiger partial charge is 0.490 e. The van der Waals surface area contributed by atoms with Crippen molar-refractivity contribution in [1.82, 2.24) is 10.2 Å². The number of rotatable bonds is 7. The third kappa shape index (κ3) is 4.23. The third-order valence-corrected chi connectivity index (χ3v) is 3.33. The van der Waals surface area contributed by atoms with Gasteiger partial charge in [-0.25, -0.2) is 5.10 Å². The predicted octanol–water partition coefficient (Wildman–Crippen LogP) is 2.18. The molecule has 0 aliphatic heterocycles. The number of hydrogen-bond donors (Lipinski definition) is 2. The molecule has 0 unspecified atom stereocenters. The molecule has 0 saturated heterocycles. The van der Waals surface area contributed by atoms with Crippen LogP contribution in [0.15, 0.2) is 28.2 Å². The van der Waals surface area contributed by atoms with E-state index in [4.69, 9.17) is 21.1 Å². The van der Waals surface area contributed by atoms with E-state index in [0.29, 0.717) is 12.2 Å². The molecular formula is C14H14ClN5O5. The first-order valence-electron chi connectivity index (χ1n) is 6.99. The first-order chi connectivity index (χ1) is 12.0. The lowest BCUT2D eigenvalue weighted by Gasteiger charge is -2.10. The Bertz CT molecular complexity index is 867. The summed E-state index contributed by atoms with van der Waals surface area (Å²) in [6.07, 6.45) is 2.59. The summed E-state index contributed by atoms with van der Waals surface area (Å²) >= 11 is 5.80. The van der Waals surface area contributed by atoms with Gasteiger partial charge in [0.2, 0.25) is 5.75 Å². The van der Waals surface area contributed by atoms with Gasteiger partial charge in [-0.2, -0.15) is 10.2 Å². The fourth-order valence-corrected chi connectivity index (χ4v) is 2.06. The number of methoxy groups -OCH3 is 1. The molecule has 11 heteroatoms. The molecule has 2 rings (SSSR count). The second kappa shape index (κ2) is 8.11. The van der Waals surface area contributed by atoms with Gasteiger partial charge in [0.05, 0.1) is 31.1 Å². The quantitative estimate of drug-likeness (QED) is 0.435. The fraction of sp³-hybridized carbons (Fsp3) is 0.214. The first kappa shape index (κ1) is 18.2. The maximum absolute atomic E-state index is 11.3. The molecule has 10 nitrogen and oxygen atoms in total. The smallest absolute Gasteiger partial charge is 0.315 e. The molecule has 0 aliphatic rings. The molecule has 2 N–H and O–H groups in total. The standard InChI is InChI=1S/C14H14ClN5O5/c1-3-25-11-5-8(4-10(20(22)23)13(11)24-2)6-16-18-9-7-17-19-14(21)12(9)15/h4-7H,3H2,1-2H3,(H2,18,19,21)/b16-6-. The zero-order valence-corrected chi connectivity index (χ0v) is 14.0. The van der Waals surface area contributed by atoms with Crippen LogP contribution in [0.4, 0.5) is 11.4 Å². The highest BCUT2D eigenvalue weighted by Gasteiger charge is 2.21. The normalized spacial score (nSPS) is 10.7. The molecule has 25 heavy (non-hydrogen) atoms. The molecular weight excluding hydrogens is 354 g/mol. The number of hydrogen-bond acceptors (Lipinski definition) is 8. The Morgan fingerprint density at radius 2 is 2.28 bits per heavy atom. The van der Waals surface area contributed by atoms with Crippen molar-refractivity contribution in [3.63, 3.8) is 0 Å². The zero-order valence-electron chi connectivity index (χ0n) is 13.3. The highest BCUT2D eigenvalue weighted by molar-refractivity contribution is 6.32. The number of nitrogens with one attached hydrogen (secondary N) is 2. The number of nitro benzene ring substituents is 1. The number of hydrazone groups is 1. The van der Waals surface area contributed by atoms with Crippen LogP contribution in [0.3, 0.4) is 0 Å². The van der Waals surface area contributed by atoms with Gasteiger partial charge in [0.15, 0.2) is 5.75 Å². The summed E-state index contributed by atoms with van der Waals surface area (Å²) in [5.41, 5.74) is 2.29. The molecule has 0 radical (unpaired) electrons. The van der Waals surface area contributed by atoms with E-state index in [2.05, 4.69) is 20.7 Å². The third-order valence-electron chi connectivity index (χ3n) is 2.95. The van der Waals surface area contributed by atoms with Crippen LogP contribution in [0.25, 0.3) is 0 Å². The Morgan fingerprint density at radius 1 is 1.52 bits per heavy atom. The van der Waals surface area contributed by atoms with Crippen molar-refractivity contribution in [3.8, 4) is 11.5 Å². The minimum absolute atomic E-state index is 0.0267. The highest BCUT2D eigenvalue weighted by atomic mass is 35.5. The lowest BCUT2D eigenvalue weighted by atomic mass is 10.2. The summed E-state index contributed by atoms with van der Waals surface area (Å²) in [6.45, 7) is 2.05. The molecule has 0 saturated carbocycles. The van der Waals surface area contributed by atoms with E-state index in [-0.39, 0.29) is 27.9 Å². The van der Waals surface area contributed by atoms with Gasteiger partial charge in [-0.05, 0) is 13.0 Å². The number of nitro groups is 1. The number of ether oxygens (including phenoxy) is 2. The lowest BCUT2D eigenvalue weighted by Crippen LogP contribution is -2.10. The van der Waals surface area contributed by atoms with Gasteiger partial charge in [-0.3, -0.25) is 20.3 Å². The molecule has 0 bridgehead atoms. The average molecular weight is 368 g/mol. The summed E-state index contributed by atoms with van der Waals surface area (Å²) in [6, 6.07) is 2.82. The van der Waals surface area contributed by atoms with Crippen molar-refractivity contribution in [2.75, 3.05) is 19.1 Å². The van der Waals surface area contributed by atoms with Crippen LogP contribution in [0, 0.1) is 10.1 Å². The van der Waals surface area contributed by atoms with Crippen LogP contribution >= 0.6 is 11.6 Å². The number of H-pyrrole nitrogens is 1. The van der Waals surface area contributed by atoms with E-state index in [1.165, 1.54) is 31.7 Å². The number of aromatic amines is 1. The zero-order chi connectivity index (χ0) is 18.4. The molecule has 2 aromatic rings. The first-order valence-corrected chi connectivity index (χ1v) is 7.37. The maximum Gasteiger partial charge on any atom is 0.315 e. The maximum atomic E-state index is 11.3. The van der Waals surface area contributed by atoms with Crippen molar-refractivity contribution in [3.05, 3.63) is 49.4 Å². The van der Waals surface area contributed by atoms with Crippen LogP contribution in [-0.2, 0) is 0 Å². The van der Waals surface area contributed by atoms with Gasteiger partial charge in [-0.15, -0.1) is 0 Å². The second-order valence-corrected chi connectivity index (χ2v) is 4.94. The van der Waals surface area contributed by atoms with Gasteiger partial charge in [0.25, 0.3) is 5.56 Å². The monoisotopic (exact) mass is 367 g/mol. The Balaban J connectivity index is 2.33. The molecule has 1 aromatic heterocycles. The summed E-state index contributed by atoms with van der Waals surface area (Å²) in [7, 11) is 1.32. The van der Waals surface area contributed by atoms with Crippen LogP contribution in [0.5, 0.6) is 11.5 Å². The minimum atomic E-state index is -0.580. The van der Waals surface area contributed by atoms with Gasteiger partial charge in [-0.1, -0.05) is 11.6 Å². The van der Waals surface area contributed by atoms with Crippen molar-refractivity contribution in [2.45, 2.75) is 6.92 Å². The van der Waals surface area contributed by atoms with Crippen LogP contribution in [0.1, 0.15) is 12.5 Å². The molecule has 0 amide bonds. The molecule has 1 heterocycles. The number of aromatic nitrogens is 2. The van der Waals surface area contributed by atoms with Crippen molar-refractivity contribution in [2.24, 2.45) is 5.10 Å². The molecule has 1 aromatic carbocycles. The molecule has 0 atom stereocenters. The fourth-order valence-electron chi connectivity index (χ4n) is 1.92. The Kier molecular flexibility index (Phi) is 5.90. The van der Waals surface area contributed by atoms with Gasteiger partial charge >= 0.3 is 5.69 Å². The van der Waals surface area contributed by atoms with E-state index in [1.807, 2.05) is 0 Å². The van der Waals surface area contributed by atoms with Crippen LogP contribution in [-0.4, -0.2) is 35.1 Å². The Hall–Kier alpha value is -3.14. The molecule has 0 fully saturated rings. The Labute approximate surface area is 146 Å². The van der Waals surface area contributed by atoms with Crippen molar-refractivity contribution in [1.29, 1.82) is 0 Å². The van der Waals surface area contributed by atoms with Gasteiger partial charge < -0.3 is 9.47 Å². The molecule has 132 valence electrons. The van der Waals surface area contributed by atoms with E-state index in [1.54, 1.807) is 6.92 Å². The van der Waals surface area contributed by atoms with Crippen molar-refractivity contribution < 1.29 is 14.4 Å². The minimum Gasteiger partial charge on any atom is -0.490 e. The van der Waals surface area contributed by atoms with E-state index in [9.17, 15) is 14.9 Å². The second-order valence-electron chi connectivity index (χ2n) is 4.56. The number of benzene rings is 1. The van der Waals surface area contributed by atoms with Gasteiger partial charge in [0.1, 0.15) is 10.7 Å². The van der Waals surface area contributed by atoms with E-state index >= 15 is 0 Å². The number of nitrogens with zero attached hydrogens (tertiary/aromatic N) is 3. The summed E-state index contributed by atoms with van der Waals surface area (Å²) in [4.78, 5) is 22.0. The summed E-state index contributed by atoms with van der Waals surface area (Å²) < 4.78 is 10.4. The predicted molar refractivity (Wildman–Crippen MR) is 91.9 cm³/mol. The van der Waals surface area contributed by atoms with E-state index < -0.39 is 10.5 Å². The van der Waals surface area contributed by atoms with Crippen LogP contribution in [0.2, 0.25) is 5.02 Å². The van der Waals surface area contributed by atoms with Gasteiger partial charge in [0, 0.05) is 11.6 Å². The SMILES string of the molecule is CCOc1cc(/C=N\Nc2cn[nH]c(=O)c2Cl)cc([N+](=O)[O-])c1OC. The van der Waals surface area contributed by atoms with E-state index in [0.717, 1.165) is 0 Å². The lowest BCUT2D eigenvalue weighted by molar-refractivity contribution is -0.385. The number of halogens is 1. The highest BCUT2D eigenvalue weighted by Crippen LogP contribution is 2.37. The summed E-state index contributed by atoms with van der Waals surface area (Å²) in [5, 5.41) is 20.8. The molecule has 0 aliphatic carbocycles.